The van der Waals surface area contributed by atoms with Gasteiger partial charge in [-0.3, -0.25) is 18.9 Å². The minimum Gasteiger partial charge on any atom is -0.497 e. The van der Waals surface area contributed by atoms with Gasteiger partial charge in [0.15, 0.2) is 0 Å². The van der Waals surface area contributed by atoms with E-state index in [1.165, 1.54) is 16.2 Å². The van der Waals surface area contributed by atoms with Crippen LogP contribution in [0.15, 0.2) is 58.4 Å². The fraction of sp³-hybridized carbons (Fsp3) is 0.333. The zero-order valence-corrected chi connectivity index (χ0v) is 22.6. The fourth-order valence-corrected chi connectivity index (χ4v) is 5.96. The van der Waals surface area contributed by atoms with E-state index < -0.39 is 0 Å². The van der Waals surface area contributed by atoms with E-state index in [9.17, 15) is 9.59 Å². The quantitative estimate of drug-likeness (QED) is 0.348. The molecule has 2 aliphatic heterocycles. The van der Waals surface area contributed by atoms with Crippen LogP contribution < -0.4 is 15.2 Å². The first-order chi connectivity index (χ1) is 17.8. The van der Waals surface area contributed by atoms with Gasteiger partial charge in [0.2, 0.25) is 0 Å². The Morgan fingerprint density at radius 2 is 1.86 bits per heavy atom. The van der Waals surface area contributed by atoms with Gasteiger partial charge in [-0.15, -0.1) is 0 Å². The lowest BCUT2D eigenvalue weighted by Gasteiger charge is -2.36. The Balaban J connectivity index is 1.47. The number of thioether (sulfide) groups is 1. The van der Waals surface area contributed by atoms with Crippen molar-refractivity contribution in [1.82, 2.24) is 14.3 Å². The molecule has 4 heterocycles. The summed E-state index contributed by atoms with van der Waals surface area (Å²) in [6, 6.07) is 13.2. The van der Waals surface area contributed by atoms with Crippen molar-refractivity contribution >= 4 is 51.7 Å². The summed E-state index contributed by atoms with van der Waals surface area (Å²) in [6.45, 7) is 5.66. The Kier molecular flexibility index (Phi) is 7.32. The van der Waals surface area contributed by atoms with Crippen LogP contribution in [0.4, 0.5) is 5.82 Å². The first-order valence-corrected chi connectivity index (χ1v) is 13.4. The average Bonchev–Trinajstić information content (AvgIpc) is 3.15. The molecule has 0 N–H and O–H groups in total. The van der Waals surface area contributed by atoms with E-state index in [2.05, 4.69) is 4.90 Å². The van der Waals surface area contributed by atoms with E-state index in [0.717, 1.165) is 11.3 Å². The molecule has 1 aromatic carbocycles. The molecule has 192 valence electrons. The number of amides is 1. The Bertz CT molecular complexity index is 1430. The molecule has 8 nitrogen and oxygen atoms in total. The number of nitrogens with zero attached hydrogens (tertiary/aromatic N) is 4. The molecule has 2 saturated heterocycles. The van der Waals surface area contributed by atoms with Crippen molar-refractivity contribution in [3.63, 3.8) is 0 Å². The highest BCUT2D eigenvalue weighted by atomic mass is 32.2. The molecule has 0 bridgehead atoms. The Labute approximate surface area is 224 Å². The number of hydrogen-bond donors (Lipinski definition) is 0. The average molecular weight is 537 g/mol. The first kappa shape index (κ1) is 25.4. The van der Waals surface area contributed by atoms with Crippen molar-refractivity contribution in [2.24, 2.45) is 0 Å². The normalized spacial score (nSPS) is 21.3. The van der Waals surface area contributed by atoms with E-state index in [1.807, 2.05) is 44.2 Å². The van der Waals surface area contributed by atoms with Gasteiger partial charge in [-0.25, -0.2) is 4.98 Å². The lowest BCUT2D eigenvalue weighted by Crippen LogP contribution is -2.46. The molecule has 3 aromatic rings. The van der Waals surface area contributed by atoms with Gasteiger partial charge >= 0.3 is 0 Å². The van der Waals surface area contributed by atoms with Gasteiger partial charge in [0.05, 0.1) is 29.8 Å². The monoisotopic (exact) mass is 536 g/mol. The van der Waals surface area contributed by atoms with Gasteiger partial charge in [-0.05, 0) is 56.2 Å². The zero-order valence-electron chi connectivity index (χ0n) is 20.9. The molecule has 0 unspecified atom stereocenters. The van der Waals surface area contributed by atoms with Crippen LogP contribution in [0.1, 0.15) is 25.0 Å². The molecule has 5 rings (SSSR count). The SMILES string of the molecule is COc1ccc(CCN2C(=O)/C(=C/c3c(N4C[C@@H](C)O[C@@H](C)C4)nc4ccccn4c3=O)SC2=S)cc1. The number of thiocarbonyl (C=S) groups is 1. The van der Waals surface area contributed by atoms with Crippen molar-refractivity contribution in [2.75, 3.05) is 31.6 Å². The predicted molar refractivity (Wildman–Crippen MR) is 150 cm³/mol. The Morgan fingerprint density at radius 3 is 2.57 bits per heavy atom. The molecule has 0 saturated carbocycles. The molecule has 0 spiro atoms. The number of fused-ring (bicyclic) bond motifs is 1. The number of benzene rings is 1. The summed E-state index contributed by atoms with van der Waals surface area (Å²) >= 11 is 6.76. The highest BCUT2D eigenvalue weighted by Gasteiger charge is 2.33. The number of methoxy groups -OCH3 is 1. The molecule has 2 aliphatic rings. The minimum atomic E-state index is -0.226. The number of pyridine rings is 1. The molecule has 1 amide bonds. The van der Waals surface area contributed by atoms with Crippen LogP contribution >= 0.6 is 24.0 Å². The van der Waals surface area contributed by atoms with E-state index in [1.54, 1.807) is 36.4 Å². The number of morpholine rings is 1. The maximum Gasteiger partial charge on any atom is 0.267 e. The van der Waals surface area contributed by atoms with Gasteiger partial charge in [0.25, 0.3) is 11.5 Å². The minimum absolute atomic E-state index is 0.0104. The number of anilines is 1. The second-order valence-corrected chi connectivity index (χ2v) is 10.9. The molecule has 0 radical (unpaired) electrons. The highest BCUT2D eigenvalue weighted by Crippen LogP contribution is 2.34. The lowest BCUT2D eigenvalue weighted by molar-refractivity contribution is -0.122. The second kappa shape index (κ2) is 10.6. The van der Waals surface area contributed by atoms with Gasteiger partial charge in [-0.2, -0.15) is 0 Å². The molecule has 37 heavy (non-hydrogen) atoms. The molecule has 10 heteroatoms. The number of aromatic nitrogens is 2. The third-order valence-electron chi connectivity index (χ3n) is 6.40. The van der Waals surface area contributed by atoms with Gasteiger partial charge in [0, 0.05) is 25.8 Å². The molecule has 2 aromatic heterocycles. The molecular weight excluding hydrogens is 508 g/mol. The van der Waals surface area contributed by atoms with Crippen LogP contribution in [0.3, 0.4) is 0 Å². The van der Waals surface area contributed by atoms with Crippen LogP contribution in [0.2, 0.25) is 0 Å². The predicted octanol–water partition coefficient (Wildman–Crippen LogP) is 3.76. The maximum absolute atomic E-state index is 13.6. The van der Waals surface area contributed by atoms with Crippen molar-refractivity contribution in [2.45, 2.75) is 32.5 Å². The van der Waals surface area contributed by atoms with Crippen molar-refractivity contribution in [1.29, 1.82) is 0 Å². The van der Waals surface area contributed by atoms with Gasteiger partial charge in [0.1, 0.15) is 21.5 Å². The number of rotatable bonds is 6. The third-order valence-corrected chi connectivity index (χ3v) is 7.78. The highest BCUT2D eigenvalue weighted by molar-refractivity contribution is 8.26. The molecule has 2 fully saturated rings. The van der Waals surface area contributed by atoms with Crippen molar-refractivity contribution in [3.8, 4) is 5.75 Å². The summed E-state index contributed by atoms with van der Waals surface area (Å²) in [5.74, 6) is 1.14. The van der Waals surface area contributed by atoms with E-state index in [0.29, 0.717) is 52.3 Å². The third kappa shape index (κ3) is 5.27. The summed E-state index contributed by atoms with van der Waals surface area (Å²) in [6.07, 6.45) is 3.98. The van der Waals surface area contributed by atoms with E-state index in [4.69, 9.17) is 26.7 Å². The second-order valence-electron chi connectivity index (χ2n) is 9.18. The van der Waals surface area contributed by atoms with Crippen molar-refractivity contribution < 1.29 is 14.3 Å². The summed E-state index contributed by atoms with van der Waals surface area (Å²) < 4.78 is 13.1. The Hall–Kier alpha value is -3.21. The number of hydrogen-bond acceptors (Lipinski definition) is 8. The van der Waals surface area contributed by atoms with Gasteiger partial charge in [-0.1, -0.05) is 42.2 Å². The number of carbonyl (C=O) groups excluding carboxylic acids is 1. The lowest BCUT2D eigenvalue weighted by atomic mass is 10.1. The van der Waals surface area contributed by atoms with Crippen LogP contribution in [0.5, 0.6) is 5.75 Å². The standard InChI is InChI=1S/C27H28N4O4S2/c1-17-15-29(16-18(2)35-17)24-21(25(32)30-12-5-4-6-23(30)28-24)14-22-26(33)31(27(36)37-22)13-11-19-7-9-20(34-3)10-8-19/h4-10,12,14,17-18H,11,13,15-16H2,1-3H3/b22-14-/t17-,18+. The molecular formula is C27H28N4O4S2. The zero-order chi connectivity index (χ0) is 26.1. The molecule has 0 aliphatic carbocycles. The van der Waals surface area contributed by atoms with Crippen molar-refractivity contribution in [3.05, 3.63) is 75.0 Å². The molecule has 2 atom stereocenters. The summed E-state index contributed by atoms with van der Waals surface area (Å²) in [7, 11) is 1.63. The van der Waals surface area contributed by atoms with Crippen LogP contribution in [-0.4, -0.2) is 63.5 Å². The van der Waals surface area contributed by atoms with Crippen LogP contribution in [0, 0.1) is 0 Å². The van der Waals surface area contributed by atoms with E-state index in [-0.39, 0.29) is 23.7 Å². The van der Waals surface area contributed by atoms with Crippen LogP contribution in [0.25, 0.3) is 11.7 Å². The maximum atomic E-state index is 13.6. The van der Waals surface area contributed by atoms with Gasteiger partial charge < -0.3 is 14.4 Å². The number of ether oxygens (including phenoxy) is 2. The van der Waals surface area contributed by atoms with Crippen LogP contribution in [-0.2, 0) is 16.0 Å². The van der Waals surface area contributed by atoms with E-state index >= 15 is 0 Å². The topological polar surface area (TPSA) is 76.4 Å². The summed E-state index contributed by atoms with van der Waals surface area (Å²) in [5.41, 5.74) is 1.78. The largest absolute Gasteiger partial charge is 0.497 e. The smallest absolute Gasteiger partial charge is 0.267 e. The number of carbonyl (C=O) groups is 1. The Morgan fingerprint density at radius 1 is 1.14 bits per heavy atom. The first-order valence-electron chi connectivity index (χ1n) is 12.1. The summed E-state index contributed by atoms with van der Waals surface area (Å²) in [4.78, 5) is 35.9. The summed E-state index contributed by atoms with van der Waals surface area (Å²) in [5, 5.41) is 0. The fourth-order valence-electron chi connectivity index (χ4n) is 4.67.